The van der Waals surface area contributed by atoms with E-state index in [4.69, 9.17) is 4.74 Å². The highest BCUT2D eigenvalue weighted by Crippen LogP contribution is 2.29. The molecule has 0 saturated heterocycles. The van der Waals surface area contributed by atoms with Crippen molar-refractivity contribution >= 4 is 22.9 Å². The Labute approximate surface area is 138 Å². The molecule has 116 valence electrons. The molecule has 1 heterocycles. The second-order valence-electron chi connectivity index (χ2n) is 4.89. The standard InChI is InChI=1S/C18H15NO3S/c1-22-15-8-4-13(5-9-15)19-18(21)17-11-10-16(23-17)12-2-6-14(20)7-3-12/h2-11,20H,1H3,(H,19,21). The van der Waals surface area contributed by atoms with Crippen LogP contribution < -0.4 is 10.1 Å². The summed E-state index contributed by atoms with van der Waals surface area (Å²) in [5, 5.41) is 12.2. The van der Waals surface area contributed by atoms with Crippen LogP contribution in [0.3, 0.4) is 0 Å². The number of hydrogen-bond donors (Lipinski definition) is 2. The fraction of sp³-hybridized carbons (Fsp3) is 0.0556. The Balaban J connectivity index is 1.74. The molecule has 0 unspecified atom stereocenters. The van der Waals surface area contributed by atoms with Crippen molar-refractivity contribution in [2.45, 2.75) is 0 Å². The maximum atomic E-state index is 12.3. The number of nitrogens with one attached hydrogen (secondary N) is 1. The molecule has 0 saturated carbocycles. The molecule has 2 N–H and O–H groups in total. The Morgan fingerprint density at radius 2 is 1.70 bits per heavy atom. The van der Waals surface area contributed by atoms with Gasteiger partial charge in [-0.05, 0) is 66.2 Å². The van der Waals surface area contributed by atoms with Crippen LogP contribution in [-0.2, 0) is 0 Å². The topological polar surface area (TPSA) is 58.6 Å². The molecule has 5 heteroatoms. The number of phenolic OH excluding ortho intramolecular Hbond substituents is 1. The molecule has 23 heavy (non-hydrogen) atoms. The summed E-state index contributed by atoms with van der Waals surface area (Å²) in [4.78, 5) is 13.9. The smallest absolute Gasteiger partial charge is 0.265 e. The monoisotopic (exact) mass is 325 g/mol. The Hall–Kier alpha value is -2.79. The number of benzene rings is 2. The van der Waals surface area contributed by atoms with Gasteiger partial charge in [0, 0.05) is 10.6 Å². The van der Waals surface area contributed by atoms with E-state index in [9.17, 15) is 9.90 Å². The summed E-state index contributed by atoms with van der Waals surface area (Å²) in [5.74, 6) is 0.821. The number of methoxy groups -OCH3 is 1. The predicted molar refractivity (Wildman–Crippen MR) is 92.4 cm³/mol. The zero-order valence-corrected chi connectivity index (χ0v) is 13.3. The lowest BCUT2D eigenvalue weighted by molar-refractivity contribution is 0.103. The Morgan fingerprint density at radius 1 is 1.00 bits per heavy atom. The Bertz CT molecular complexity index is 807. The van der Waals surface area contributed by atoms with Gasteiger partial charge < -0.3 is 15.2 Å². The van der Waals surface area contributed by atoms with Crippen LogP contribution in [0.1, 0.15) is 9.67 Å². The van der Waals surface area contributed by atoms with Crippen LogP contribution in [0, 0.1) is 0 Å². The highest BCUT2D eigenvalue weighted by molar-refractivity contribution is 7.17. The Kier molecular flexibility index (Phi) is 4.30. The fourth-order valence-electron chi connectivity index (χ4n) is 2.11. The van der Waals surface area contributed by atoms with Gasteiger partial charge in [0.25, 0.3) is 5.91 Å². The van der Waals surface area contributed by atoms with Crippen molar-refractivity contribution in [3.05, 3.63) is 65.5 Å². The summed E-state index contributed by atoms with van der Waals surface area (Å²) in [6.07, 6.45) is 0. The number of anilines is 1. The number of ether oxygens (including phenoxy) is 1. The molecule has 1 aromatic heterocycles. The van der Waals surface area contributed by atoms with Crippen molar-refractivity contribution in [1.29, 1.82) is 0 Å². The first-order valence-electron chi connectivity index (χ1n) is 7.00. The fourth-order valence-corrected chi connectivity index (χ4v) is 3.01. The lowest BCUT2D eigenvalue weighted by Gasteiger charge is -2.04. The van der Waals surface area contributed by atoms with Crippen molar-refractivity contribution in [1.82, 2.24) is 0 Å². The highest BCUT2D eigenvalue weighted by atomic mass is 32.1. The molecule has 4 nitrogen and oxygen atoms in total. The van der Waals surface area contributed by atoms with Crippen LogP contribution in [0.15, 0.2) is 60.7 Å². The van der Waals surface area contributed by atoms with Gasteiger partial charge in [-0.1, -0.05) is 0 Å². The zero-order chi connectivity index (χ0) is 16.2. The zero-order valence-electron chi connectivity index (χ0n) is 12.4. The minimum Gasteiger partial charge on any atom is -0.508 e. The summed E-state index contributed by atoms with van der Waals surface area (Å²) in [6.45, 7) is 0. The SMILES string of the molecule is COc1ccc(NC(=O)c2ccc(-c3ccc(O)cc3)s2)cc1. The van der Waals surface area contributed by atoms with Gasteiger partial charge in [0.2, 0.25) is 0 Å². The van der Waals surface area contributed by atoms with Gasteiger partial charge >= 0.3 is 0 Å². The average molecular weight is 325 g/mol. The van der Waals surface area contributed by atoms with Crippen LogP contribution in [-0.4, -0.2) is 18.1 Å². The molecule has 0 aliphatic heterocycles. The van der Waals surface area contributed by atoms with E-state index in [1.807, 2.05) is 18.2 Å². The number of phenols is 1. The minimum absolute atomic E-state index is 0.148. The number of aromatic hydroxyl groups is 1. The summed E-state index contributed by atoms with van der Waals surface area (Å²) < 4.78 is 5.09. The third-order valence-electron chi connectivity index (χ3n) is 3.33. The number of hydrogen-bond acceptors (Lipinski definition) is 4. The number of thiophene rings is 1. The number of rotatable bonds is 4. The van der Waals surface area contributed by atoms with Crippen LogP contribution >= 0.6 is 11.3 Å². The molecule has 0 radical (unpaired) electrons. The molecule has 0 fully saturated rings. The van der Waals surface area contributed by atoms with Gasteiger partial charge in [-0.15, -0.1) is 11.3 Å². The van der Waals surface area contributed by atoms with Gasteiger partial charge in [-0.25, -0.2) is 0 Å². The molecule has 0 atom stereocenters. The highest BCUT2D eigenvalue weighted by Gasteiger charge is 2.11. The van der Waals surface area contributed by atoms with Crippen LogP contribution in [0.2, 0.25) is 0 Å². The van der Waals surface area contributed by atoms with E-state index in [2.05, 4.69) is 5.32 Å². The lowest BCUT2D eigenvalue weighted by atomic mass is 10.2. The van der Waals surface area contributed by atoms with Gasteiger partial charge in [0.05, 0.1) is 12.0 Å². The van der Waals surface area contributed by atoms with Crippen LogP contribution in [0.25, 0.3) is 10.4 Å². The molecule has 0 spiro atoms. The second-order valence-corrected chi connectivity index (χ2v) is 5.98. The van der Waals surface area contributed by atoms with Crippen molar-refractivity contribution in [3.63, 3.8) is 0 Å². The van der Waals surface area contributed by atoms with E-state index in [1.165, 1.54) is 11.3 Å². The largest absolute Gasteiger partial charge is 0.508 e. The lowest BCUT2D eigenvalue weighted by Crippen LogP contribution is -2.09. The minimum atomic E-state index is -0.148. The van der Waals surface area contributed by atoms with Crippen molar-refractivity contribution in [3.8, 4) is 21.9 Å². The molecule has 0 aliphatic rings. The molecule has 1 amide bonds. The van der Waals surface area contributed by atoms with Crippen molar-refractivity contribution < 1.29 is 14.6 Å². The molecule has 0 aliphatic carbocycles. The molecule has 3 aromatic rings. The van der Waals surface area contributed by atoms with Gasteiger partial charge in [0.15, 0.2) is 0 Å². The first-order valence-corrected chi connectivity index (χ1v) is 7.82. The number of amides is 1. The maximum Gasteiger partial charge on any atom is 0.265 e. The van der Waals surface area contributed by atoms with Crippen LogP contribution in [0.4, 0.5) is 5.69 Å². The third kappa shape index (κ3) is 3.52. The Morgan fingerprint density at radius 3 is 2.35 bits per heavy atom. The summed E-state index contributed by atoms with van der Waals surface area (Å²) >= 11 is 1.41. The molecule has 0 bridgehead atoms. The molecule has 2 aromatic carbocycles. The summed E-state index contributed by atoms with van der Waals surface area (Å²) in [7, 11) is 1.60. The van der Waals surface area contributed by atoms with E-state index in [0.717, 1.165) is 21.9 Å². The van der Waals surface area contributed by atoms with Crippen LogP contribution in [0.5, 0.6) is 11.5 Å². The summed E-state index contributed by atoms with van der Waals surface area (Å²) in [6, 6.07) is 17.8. The van der Waals surface area contributed by atoms with Gasteiger partial charge in [-0.2, -0.15) is 0 Å². The third-order valence-corrected chi connectivity index (χ3v) is 4.46. The maximum absolute atomic E-state index is 12.3. The first kappa shape index (κ1) is 15.1. The number of carbonyl (C=O) groups excluding carboxylic acids is 1. The predicted octanol–water partition coefficient (Wildman–Crippen LogP) is 4.38. The van der Waals surface area contributed by atoms with E-state index >= 15 is 0 Å². The van der Waals surface area contributed by atoms with Crippen molar-refractivity contribution in [2.75, 3.05) is 12.4 Å². The van der Waals surface area contributed by atoms with E-state index in [1.54, 1.807) is 49.6 Å². The van der Waals surface area contributed by atoms with E-state index in [0.29, 0.717) is 4.88 Å². The molecule has 3 rings (SSSR count). The van der Waals surface area contributed by atoms with Gasteiger partial charge in [-0.3, -0.25) is 4.79 Å². The summed E-state index contributed by atoms with van der Waals surface area (Å²) in [5.41, 5.74) is 1.69. The quantitative estimate of drug-likeness (QED) is 0.748. The van der Waals surface area contributed by atoms with Crippen molar-refractivity contribution in [2.24, 2.45) is 0 Å². The second kappa shape index (κ2) is 6.54. The van der Waals surface area contributed by atoms with E-state index < -0.39 is 0 Å². The normalized spacial score (nSPS) is 10.3. The van der Waals surface area contributed by atoms with Gasteiger partial charge in [0.1, 0.15) is 11.5 Å². The van der Waals surface area contributed by atoms with E-state index in [-0.39, 0.29) is 11.7 Å². The molecular weight excluding hydrogens is 310 g/mol. The average Bonchev–Trinajstić information content (AvgIpc) is 3.06. The molecular formula is C18H15NO3S. The first-order chi connectivity index (χ1) is 11.2. The number of carbonyl (C=O) groups is 1.